The number of amides is 1. The number of aromatic nitrogens is 3. The van der Waals surface area contributed by atoms with Gasteiger partial charge in [0.15, 0.2) is 23.0 Å². The quantitative estimate of drug-likeness (QED) is 0.369. The lowest BCUT2D eigenvalue weighted by Gasteiger charge is -2.13. The van der Waals surface area contributed by atoms with E-state index in [9.17, 15) is 9.18 Å². The third kappa shape index (κ3) is 4.82. The maximum absolute atomic E-state index is 14.5. The zero-order valence-electron chi connectivity index (χ0n) is 20.0. The Balaban J connectivity index is 1.56. The highest BCUT2D eigenvalue weighted by molar-refractivity contribution is 5.95. The van der Waals surface area contributed by atoms with Gasteiger partial charge in [-0.1, -0.05) is 26.0 Å². The molecule has 1 fully saturated rings. The van der Waals surface area contributed by atoms with E-state index < -0.39 is 5.82 Å². The fourth-order valence-electron chi connectivity index (χ4n) is 3.87. The highest BCUT2D eigenvalue weighted by atomic mass is 19.1. The van der Waals surface area contributed by atoms with Gasteiger partial charge in [0.1, 0.15) is 0 Å². The number of benzene rings is 2. The van der Waals surface area contributed by atoms with Crippen molar-refractivity contribution in [2.24, 2.45) is 5.92 Å². The second kappa shape index (κ2) is 9.37. The number of nitrogens with one attached hydrogen (secondary N) is 2. The van der Waals surface area contributed by atoms with Crippen LogP contribution in [0.1, 0.15) is 37.0 Å². The summed E-state index contributed by atoms with van der Waals surface area (Å²) in [7, 11) is 1.44. The first-order valence-electron chi connectivity index (χ1n) is 11.8. The molecule has 0 saturated heterocycles. The Morgan fingerprint density at radius 3 is 2.57 bits per heavy atom. The third-order valence-corrected chi connectivity index (χ3v) is 5.97. The number of nitrogens with zero attached hydrogens (tertiary/aromatic N) is 3. The van der Waals surface area contributed by atoms with Crippen molar-refractivity contribution < 1.29 is 13.9 Å². The van der Waals surface area contributed by atoms with E-state index in [-0.39, 0.29) is 11.7 Å². The number of anilines is 1. The lowest BCUT2D eigenvalue weighted by molar-refractivity contribution is 0.0951. The molecule has 2 aromatic carbocycles. The van der Waals surface area contributed by atoms with Crippen molar-refractivity contribution in [3.8, 4) is 28.3 Å². The molecule has 180 valence electrons. The largest absolute Gasteiger partial charge is 0.494 e. The summed E-state index contributed by atoms with van der Waals surface area (Å²) in [6, 6.07) is 12.6. The van der Waals surface area contributed by atoms with Gasteiger partial charge in [-0.2, -0.15) is 0 Å². The van der Waals surface area contributed by atoms with Gasteiger partial charge in [0.2, 0.25) is 0 Å². The first kappa shape index (κ1) is 22.8. The van der Waals surface area contributed by atoms with Crippen molar-refractivity contribution in [2.75, 3.05) is 19.0 Å². The SMILES string of the molecule is COc1ccc(-c2cn3c(-c4ccc(C(=O)NC5CC5)cc4)cnc3c(NCC(C)C)n2)cc1F. The van der Waals surface area contributed by atoms with Crippen LogP contribution in [-0.2, 0) is 0 Å². The zero-order valence-corrected chi connectivity index (χ0v) is 20.0. The Morgan fingerprint density at radius 1 is 1.17 bits per heavy atom. The molecule has 1 aliphatic rings. The van der Waals surface area contributed by atoms with Crippen molar-refractivity contribution in [3.05, 3.63) is 66.2 Å². The number of hydrogen-bond donors (Lipinski definition) is 2. The van der Waals surface area contributed by atoms with E-state index >= 15 is 0 Å². The van der Waals surface area contributed by atoms with E-state index in [1.807, 2.05) is 34.9 Å². The average Bonchev–Trinajstić information content (AvgIpc) is 3.57. The van der Waals surface area contributed by atoms with Crippen molar-refractivity contribution >= 4 is 17.4 Å². The summed E-state index contributed by atoms with van der Waals surface area (Å²) < 4.78 is 21.5. The van der Waals surface area contributed by atoms with E-state index in [0.717, 1.165) is 30.6 Å². The van der Waals surface area contributed by atoms with Crippen LogP contribution in [0.25, 0.3) is 28.2 Å². The highest BCUT2D eigenvalue weighted by Gasteiger charge is 2.24. The molecule has 0 bridgehead atoms. The third-order valence-electron chi connectivity index (χ3n) is 5.97. The van der Waals surface area contributed by atoms with Gasteiger partial charge in [-0.05, 0) is 49.1 Å². The van der Waals surface area contributed by atoms with Crippen LogP contribution in [0.5, 0.6) is 5.75 Å². The van der Waals surface area contributed by atoms with Crippen LogP contribution < -0.4 is 15.4 Å². The van der Waals surface area contributed by atoms with Gasteiger partial charge < -0.3 is 15.4 Å². The molecular weight excluding hydrogens is 445 g/mol. The number of methoxy groups -OCH3 is 1. The Kier molecular flexibility index (Phi) is 6.11. The van der Waals surface area contributed by atoms with Crippen molar-refractivity contribution in [1.82, 2.24) is 19.7 Å². The van der Waals surface area contributed by atoms with Crippen LogP contribution in [0.15, 0.2) is 54.9 Å². The average molecular weight is 474 g/mol. The summed E-state index contributed by atoms with van der Waals surface area (Å²) in [5, 5.41) is 6.39. The van der Waals surface area contributed by atoms with E-state index in [4.69, 9.17) is 9.72 Å². The first-order chi connectivity index (χ1) is 16.9. The van der Waals surface area contributed by atoms with Gasteiger partial charge in [-0.15, -0.1) is 0 Å². The number of fused-ring (bicyclic) bond motifs is 1. The second-order valence-corrected chi connectivity index (χ2v) is 9.26. The first-order valence-corrected chi connectivity index (χ1v) is 11.8. The molecule has 2 heterocycles. The summed E-state index contributed by atoms with van der Waals surface area (Å²) in [5.41, 5.74) is 4.29. The Bertz CT molecular complexity index is 1380. The molecule has 4 aromatic rings. The fraction of sp³-hybridized carbons (Fsp3) is 0.296. The van der Waals surface area contributed by atoms with Crippen molar-refractivity contribution in [3.63, 3.8) is 0 Å². The highest BCUT2D eigenvalue weighted by Crippen LogP contribution is 2.30. The molecule has 0 radical (unpaired) electrons. The van der Waals surface area contributed by atoms with Gasteiger partial charge in [0.05, 0.1) is 24.7 Å². The zero-order chi connectivity index (χ0) is 24.5. The molecule has 1 aliphatic carbocycles. The molecule has 7 nitrogen and oxygen atoms in total. The maximum atomic E-state index is 14.5. The predicted octanol–water partition coefficient (Wildman–Crippen LogP) is 5.17. The van der Waals surface area contributed by atoms with Gasteiger partial charge in [-0.3, -0.25) is 9.20 Å². The maximum Gasteiger partial charge on any atom is 0.251 e. The summed E-state index contributed by atoms with van der Waals surface area (Å²) in [5.74, 6) is 0.712. The van der Waals surface area contributed by atoms with Crippen LogP contribution in [0.2, 0.25) is 0 Å². The molecule has 35 heavy (non-hydrogen) atoms. The smallest absolute Gasteiger partial charge is 0.251 e. The number of rotatable bonds is 8. The fourth-order valence-corrected chi connectivity index (χ4v) is 3.87. The summed E-state index contributed by atoms with van der Waals surface area (Å²) in [6.07, 6.45) is 5.74. The van der Waals surface area contributed by atoms with Crippen LogP contribution in [0.3, 0.4) is 0 Å². The summed E-state index contributed by atoms with van der Waals surface area (Å²) in [6.45, 7) is 4.95. The summed E-state index contributed by atoms with van der Waals surface area (Å²) in [4.78, 5) is 21.8. The molecule has 0 unspecified atom stereocenters. The Labute approximate surface area is 203 Å². The van der Waals surface area contributed by atoms with E-state index in [1.54, 1.807) is 18.3 Å². The van der Waals surface area contributed by atoms with E-state index in [1.165, 1.54) is 13.2 Å². The molecule has 0 atom stereocenters. The molecular formula is C27H28FN5O2. The number of imidazole rings is 1. The molecule has 0 spiro atoms. The summed E-state index contributed by atoms with van der Waals surface area (Å²) >= 11 is 0. The molecule has 1 saturated carbocycles. The number of carbonyl (C=O) groups excluding carboxylic acids is 1. The Morgan fingerprint density at radius 2 is 1.91 bits per heavy atom. The normalized spacial score (nSPS) is 13.3. The number of halogens is 1. The van der Waals surface area contributed by atoms with E-state index in [2.05, 4.69) is 29.5 Å². The van der Waals surface area contributed by atoms with Crippen molar-refractivity contribution in [1.29, 1.82) is 0 Å². The number of ether oxygens (including phenoxy) is 1. The van der Waals surface area contributed by atoms with Crippen LogP contribution in [0, 0.1) is 11.7 Å². The van der Waals surface area contributed by atoms with Crippen molar-refractivity contribution in [2.45, 2.75) is 32.7 Å². The van der Waals surface area contributed by atoms with E-state index in [0.29, 0.717) is 40.2 Å². The van der Waals surface area contributed by atoms with Gasteiger partial charge in [0.25, 0.3) is 5.91 Å². The van der Waals surface area contributed by atoms with Crippen LogP contribution in [0.4, 0.5) is 10.2 Å². The van der Waals surface area contributed by atoms with Gasteiger partial charge in [0, 0.05) is 35.5 Å². The predicted molar refractivity (Wildman–Crippen MR) is 134 cm³/mol. The second-order valence-electron chi connectivity index (χ2n) is 9.26. The molecule has 2 N–H and O–H groups in total. The molecule has 8 heteroatoms. The molecule has 2 aromatic heterocycles. The molecule has 0 aliphatic heterocycles. The lowest BCUT2D eigenvalue weighted by Crippen LogP contribution is -2.25. The molecule has 5 rings (SSSR count). The minimum atomic E-state index is -0.450. The topological polar surface area (TPSA) is 80.5 Å². The standard InChI is InChI=1S/C27H28FN5O2/c1-16(2)13-29-25-26-30-14-23(17-4-6-18(7-5-17)27(34)31-20-9-10-20)33(26)15-22(32-25)19-8-11-24(35-3)21(28)12-19/h4-8,11-12,14-16,20H,9-10,13H2,1-3H3,(H,29,32)(H,31,34). The number of hydrogen-bond acceptors (Lipinski definition) is 5. The minimum Gasteiger partial charge on any atom is -0.494 e. The minimum absolute atomic E-state index is 0.0506. The van der Waals surface area contributed by atoms with Crippen LogP contribution >= 0.6 is 0 Å². The molecule has 1 amide bonds. The number of carbonyl (C=O) groups is 1. The monoisotopic (exact) mass is 473 g/mol. The van der Waals surface area contributed by atoms with Crippen LogP contribution in [-0.4, -0.2) is 40.0 Å². The lowest BCUT2D eigenvalue weighted by atomic mass is 10.1. The Hall–Kier alpha value is -3.94. The van der Waals surface area contributed by atoms with Gasteiger partial charge >= 0.3 is 0 Å². The van der Waals surface area contributed by atoms with Gasteiger partial charge in [-0.25, -0.2) is 14.4 Å².